The van der Waals surface area contributed by atoms with E-state index in [9.17, 15) is 0 Å². The third-order valence-electron chi connectivity index (χ3n) is 4.38. The van der Waals surface area contributed by atoms with Crippen LogP contribution in [0.2, 0.25) is 0 Å². The molecule has 0 aliphatic carbocycles. The van der Waals surface area contributed by atoms with E-state index in [1.54, 1.807) is 25.6 Å². The Labute approximate surface area is 170 Å². The molecule has 0 radical (unpaired) electrons. The van der Waals surface area contributed by atoms with E-state index in [-0.39, 0.29) is 6.04 Å². The molecule has 1 heterocycles. The fourth-order valence-electron chi connectivity index (χ4n) is 2.80. The van der Waals surface area contributed by atoms with Gasteiger partial charge in [0, 0.05) is 17.6 Å². The zero-order chi connectivity index (χ0) is 19.9. The van der Waals surface area contributed by atoms with Gasteiger partial charge in [-0.2, -0.15) is 0 Å². The molecule has 0 spiro atoms. The van der Waals surface area contributed by atoms with Gasteiger partial charge in [-0.3, -0.25) is 0 Å². The van der Waals surface area contributed by atoms with Crippen LogP contribution >= 0.6 is 11.3 Å². The highest BCUT2D eigenvalue weighted by atomic mass is 32.1. The summed E-state index contributed by atoms with van der Waals surface area (Å²) in [5, 5.41) is 4.61. The Morgan fingerprint density at radius 1 is 1.04 bits per heavy atom. The van der Waals surface area contributed by atoms with E-state index in [1.807, 2.05) is 42.6 Å². The molecule has 1 atom stereocenters. The van der Waals surface area contributed by atoms with Gasteiger partial charge in [0.1, 0.15) is 17.4 Å². The first kappa shape index (κ1) is 20.2. The van der Waals surface area contributed by atoms with Gasteiger partial charge in [-0.25, -0.2) is 4.98 Å². The first-order valence-electron chi connectivity index (χ1n) is 9.17. The molecule has 0 aliphatic heterocycles. The lowest BCUT2D eigenvalue weighted by Gasteiger charge is -2.14. The van der Waals surface area contributed by atoms with Crippen LogP contribution < -0.4 is 19.5 Å². The molecule has 0 saturated heterocycles. The van der Waals surface area contributed by atoms with Gasteiger partial charge < -0.3 is 19.5 Å². The molecule has 2 aromatic carbocycles. The number of nitrogens with zero attached hydrogens (tertiary/aromatic N) is 1. The van der Waals surface area contributed by atoms with E-state index in [4.69, 9.17) is 14.2 Å². The smallest absolute Gasteiger partial charge is 0.161 e. The van der Waals surface area contributed by atoms with Crippen LogP contribution in [0.1, 0.15) is 34.0 Å². The largest absolute Gasteiger partial charge is 0.497 e. The van der Waals surface area contributed by atoms with Crippen molar-refractivity contribution in [1.82, 2.24) is 10.3 Å². The van der Waals surface area contributed by atoms with E-state index < -0.39 is 0 Å². The highest BCUT2D eigenvalue weighted by Crippen LogP contribution is 2.29. The van der Waals surface area contributed by atoms with Crippen LogP contribution in [-0.4, -0.2) is 19.2 Å². The fraction of sp³-hybridized carbons (Fsp3) is 0.318. The third-order valence-corrected chi connectivity index (χ3v) is 5.47. The summed E-state index contributed by atoms with van der Waals surface area (Å²) in [7, 11) is 3.32. The maximum Gasteiger partial charge on any atom is 0.161 e. The molecule has 0 bridgehead atoms. The summed E-state index contributed by atoms with van der Waals surface area (Å²) in [5.41, 5.74) is 2.17. The number of benzene rings is 2. The SMILES string of the molecule is COc1cccc(COc2ccc(CN[C@@H](C)c3ncc(C)s3)cc2OC)c1. The minimum Gasteiger partial charge on any atom is -0.497 e. The van der Waals surface area contributed by atoms with Gasteiger partial charge in [0.15, 0.2) is 11.5 Å². The summed E-state index contributed by atoms with van der Waals surface area (Å²) in [6.07, 6.45) is 1.91. The number of hydrogen-bond donors (Lipinski definition) is 1. The Bertz CT molecular complexity index is 910. The van der Waals surface area contributed by atoms with Gasteiger partial charge in [-0.05, 0) is 49.2 Å². The molecule has 0 amide bonds. The average molecular weight is 399 g/mol. The van der Waals surface area contributed by atoms with Crippen LogP contribution in [0, 0.1) is 6.92 Å². The van der Waals surface area contributed by atoms with Crippen molar-refractivity contribution in [1.29, 1.82) is 0 Å². The average Bonchev–Trinajstić information content (AvgIpc) is 3.17. The molecule has 0 fully saturated rings. The predicted molar refractivity (Wildman–Crippen MR) is 112 cm³/mol. The van der Waals surface area contributed by atoms with E-state index >= 15 is 0 Å². The van der Waals surface area contributed by atoms with Gasteiger partial charge >= 0.3 is 0 Å². The summed E-state index contributed by atoms with van der Waals surface area (Å²) in [6, 6.07) is 14.1. The van der Waals surface area contributed by atoms with Crippen molar-refractivity contribution in [3.8, 4) is 17.2 Å². The van der Waals surface area contributed by atoms with Crippen molar-refractivity contribution in [2.75, 3.05) is 14.2 Å². The lowest BCUT2D eigenvalue weighted by Crippen LogP contribution is -2.17. The van der Waals surface area contributed by atoms with Crippen molar-refractivity contribution >= 4 is 11.3 Å². The molecule has 0 aliphatic rings. The predicted octanol–water partition coefficient (Wildman–Crippen LogP) is 4.90. The molecule has 148 valence electrons. The molecule has 6 heteroatoms. The zero-order valence-corrected chi connectivity index (χ0v) is 17.5. The summed E-state index contributed by atoms with van der Waals surface area (Å²) in [6.45, 7) is 5.38. The van der Waals surface area contributed by atoms with E-state index in [0.717, 1.165) is 39.9 Å². The molecule has 0 saturated carbocycles. The Kier molecular flexibility index (Phi) is 6.90. The second kappa shape index (κ2) is 9.57. The summed E-state index contributed by atoms with van der Waals surface area (Å²) >= 11 is 1.72. The van der Waals surface area contributed by atoms with E-state index in [0.29, 0.717) is 6.61 Å². The van der Waals surface area contributed by atoms with E-state index in [1.165, 1.54) is 4.88 Å². The van der Waals surface area contributed by atoms with Gasteiger partial charge in [0.25, 0.3) is 0 Å². The van der Waals surface area contributed by atoms with Gasteiger partial charge in [-0.15, -0.1) is 11.3 Å². The number of ether oxygens (including phenoxy) is 3. The molecule has 5 nitrogen and oxygen atoms in total. The minimum absolute atomic E-state index is 0.202. The Morgan fingerprint density at radius 3 is 2.61 bits per heavy atom. The third kappa shape index (κ3) is 5.24. The number of aryl methyl sites for hydroxylation is 1. The number of methoxy groups -OCH3 is 2. The Hall–Kier alpha value is -2.57. The summed E-state index contributed by atoms with van der Waals surface area (Å²) < 4.78 is 16.7. The molecule has 3 aromatic rings. The Balaban J connectivity index is 1.61. The number of rotatable bonds is 9. The second-order valence-corrected chi connectivity index (χ2v) is 7.80. The minimum atomic E-state index is 0.202. The van der Waals surface area contributed by atoms with Crippen molar-refractivity contribution in [2.24, 2.45) is 0 Å². The van der Waals surface area contributed by atoms with Crippen LogP contribution in [-0.2, 0) is 13.2 Å². The molecule has 1 aromatic heterocycles. The van der Waals surface area contributed by atoms with Gasteiger partial charge in [0.2, 0.25) is 0 Å². The van der Waals surface area contributed by atoms with Crippen LogP contribution in [0.5, 0.6) is 17.2 Å². The highest BCUT2D eigenvalue weighted by Gasteiger charge is 2.11. The molecule has 28 heavy (non-hydrogen) atoms. The number of hydrogen-bond acceptors (Lipinski definition) is 6. The molecule has 1 N–H and O–H groups in total. The standard InChI is InChI=1S/C22H26N2O3S/c1-15-12-24-22(28-15)16(2)23-13-17-8-9-20(21(11-17)26-4)27-14-18-6-5-7-19(10-18)25-3/h5-12,16,23H,13-14H2,1-4H3/t16-/m0/s1. The van der Waals surface area contributed by atoms with Crippen LogP contribution in [0.4, 0.5) is 0 Å². The zero-order valence-electron chi connectivity index (χ0n) is 16.7. The van der Waals surface area contributed by atoms with Crippen molar-refractivity contribution in [3.63, 3.8) is 0 Å². The summed E-state index contributed by atoms with van der Waals surface area (Å²) in [4.78, 5) is 5.67. The van der Waals surface area contributed by atoms with E-state index in [2.05, 4.69) is 30.2 Å². The monoisotopic (exact) mass is 398 g/mol. The quantitative estimate of drug-likeness (QED) is 0.556. The highest BCUT2D eigenvalue weighted by molar-refractivity contribution is 7.11. The second-order valence-electron chi connectivity index (χ2n) is 6.54. The van der Waals surface area contributed by atoms with Crippen LogP contribution in [0.3, 0.4) is 0 Å². The number of nitrogens with one attached hydrogen (secondary N) is 1. The lowest BCUT2D eigenvalue weighted by molar-refractivity contribution is 0.283. The summed E-state index contributed by atoms with van der Waals surface area (Å²) in [5.74, 6) is 2.26. The molecule has 0 unspecified atom stereocenters. The first-order valence-corrected chi connectivity index (χ1v) is 9.99. The topological polar surface area (TPSA) is 52.6 Å². The Morgan fingerprint density at radius 2 is 1.89 bits per heavy atom. The van der Waals surface area contributed by atoms with Crippen molar-refractivity contribution < 1.29 is 14.2 Å². The lowest BCUT2D eigenvalue weighted by atomic mass is 10.2. The van der Waals surface area contributed by atoms with Crippen LogP contribution in [0.25, 0.3) is 0 Å². The first-order chi connectivity index (χ1) is 13.6. The maximum atomic E-state index is 5.96. The maximum absolute atomic E-state index is 5.96. The number of aromatic nitrogens is 1. The number of thiazole rings is 1. The normalized spacial score (nSPS) is 11.9. The van der Waals surface area contributed by atoms with Crippen molar-refractivity contribution in [2.45, 2.75) is 33.0 Å². The van der Waals surface area contributed by atoms with Crippen molar-refractivity contribution in [3.05, 3.63) is 69.7 Å². The van der Waals surface area contributed by atoms with Gasteiger partial charge in [-0.1, -0.05) is 18.2 Å². The fourth-order valence-corrected chi connectivity index (χ4v) is 3.60. The molecular weight excluding hydrogens is 372 g/mol. The molecule has 3 rings (SSSR count). The molecular formula is C22H26N2O3S. The van der Waals surface area contributed by atoms with Crippen LogP contribution in [0.15, 0.2) is 48.7 Å². The van der Waals surface area contributed by atoms with Gasteiger partial charge in [0.05, 0.1) is 20.3 Å².